The second-order valence-electron chi connectivity index (χ2n) is 6.93. The number of rotatable bonds is 3. The van der Waals surface area contributed by atoms with Crippen molar-refractivity contribution in [1.82, 2.24) is 0 Å². The van der Waals surface area contributed by atoms with Gasteiger partial charge in [0.2, 0.25) is 0 Å². The number of benzene rings is 3. The second-order valence-corrected chi connectivity index (χ2v) is 6.93. The molecule has 1 aliphatic rings. The van der Waals surface area contributed by atoms with E-state index in [2.05, 4.69) is 36.4 Å². The number of methoxy groups -OCH3 is 3. The maximum absolute atomic E-state index is 5.47. The summed E-state index contributed by atoms with van der Waals surface area (Å²) in [4.78, 5) is 0. The molecule has 0 amide bonds. The van der Waals surface area contributed by atoms with Gasteiger partial charge in [-0.2, -0.15) is 0 Å². The molecule has 0 aromatic heterocycles. The van der Waals surface area contributed by atoms with Gasteiger partial charge in [-0.25, -0.2) is 0 Å². The van der Waals surface area contributed by atoms with Crippen molar-refractivity contribution in [3.05, 3.63) is 88.0 Å². The lowest BCUT2D eigenvalue weighted by Gasteiger charge is -2.13. The van der Waals surface area contributed by atoms with Gasteiger partial charge in [0.15, 0.2) is 0 Å². The third kappa shape index (κ3) is 3.50. The van der Waals surface area contributed by atoms with Crippen molar-refractivity contribution in [2.24, 2.45) is 0 Å². The van der Waals surface area contributed by atoms with Crippen molar-refractivity contribution in [1.29, 1.82) is 0 Å². The largest absolute Gasteiger partial charge is 0.497 e. The van der Waals surface area contributed by atoms with E-state index in [1.54, 1.807) is 21.3 Å². The van der Waals surface area contributed by atoms with Crippen molar-refractivity contribution in [2.75, 3.05) is 21.3 Å². The quantitative estimate of drug-likeness (QED) is 0.525. The van der Waals surface area contributed by atoms with Gasteiger partial charge in [0, 0.05) is 0 Å². The fourth-order valence-electron chi connectivity index (χ4n) is 3.81. The van der Waals surface area contributed by atoms with E-state index in [4.69, 9.17) is 14.2 Å². The Morgan fingerprint density at radius 1 is 0.444 bits per heavy atom. The number of hydrogen-bond acceptors (Lipinski definition) is 3. The van der Waals surface area contributed by atoms with Crippen LogP contribution in [0.25, 0.3) is 0 Å². The topological polar surface area (TPSA) is 27.7 Å². The van der Waals surface area contributed by atoms with Crippen LogP contribution in [0, 0.1) is 0 Å². The van der Waals surface area contributed by atoms with Gasteiger partial charge in [-0.15, -0.1) is 0 Å². The zero-order chi connectivity index (χ0) is 18.8. The first-order valence-corrected chi connectivity index (χ1v) is 9.17. The van der Waals surface area contributed by atoms with Crippen LogP contribution in [-0.2, 0) is 19.3 Å². The SMILES string of the molecule is COc1ccc2c(c1)Cc1ccc(OC)cc1Cc1ccc(OC)cc1C2. The first kappa shape index (κ1) is 17.5. The summed E-state index contributed by atoms with van der Waals surface area (Å²) in [6, 6.07) is 19.2. The number of hydrogen-bond donors (Lipinski definition) is 0. The summed E-state index contributed by atoms with van der Waals surface area (Å²) in [5.74, 6) is 2.69. The van der Waals surface area contributed by atoms with Gasteiger partial charge in [0.05, 0.1) is 21.3 Å². The molecule has 0 heterocycles. The standard InChI is InChI=1S/C24H24O3/c1-25-22-7-4-16-11-20-14-24(27-3)9-6-18(20)12-21-15-23(26-2)8-5-17(21)10-19(16)13-22/h4-9,13-15H,10-12H2,1-3H3. The molecule has 0 fully saturated rings. The first-order chi connectivity index (χ1) is 13.2. The molecule has 138 valence electrons. The van der Waals surface area contributed by atoms with Crippen molar-refractivity contribution in [2.45, 2.75) is 19.3 Å². The number of ether oxygens (including phenoxy) is 3. The maximum atomic E-state index is 5.47. The van der Waals surface area contributed by atoms with E-state index in [1.165, 1.54) is 33.4 Å². The smallest absolute Gasteiger partial charge is 0.119 e. The van der Waals surface area contributed by atoms with Crippen LogP contribution in [0.3, 0.4) is 0 Å². The normalized spacial score (nSPS) is 12.6. The lowest BCUT2D eigenvalue weighted by molar-refractivity contribution is 0.413. The molecule has 27 heavy (non-hydrogen) atoms. The van der Waals surface area contributed by atoms with Gasteiger partial charge in [-0.1, -0.05) is 18.2 Å². The lowest BCUT2D eigenvalue weighted by atomic mass is 9.95. The van der Waals surface area contributed by atoms with E-state index >= 15 is 0 Å². The molecule has 1 aliphatic carbocycles. The summed E-state index contributed by atoms with van der Waals surface area (Å²) in [5, 5.41) is 0. The van der Waals surface area contributed by atoms with Gasteiger partial charge in [0.1, 0.15) is 17.2 Å². The molecule has 3 heteroatoms. The summed E-state index contributed by atoms with van der Waals surface area (Å²) >= 11 is 0. The maximum Gasteiger partial charge on any atom is 0.119 e. The van der Waals surface area contributed by atoms with Crippen LogP contribution >= 0.6 is 0 Å². The van der Waals surface area contributed by atoms with Gasteiger partial charge < -0.3 is 14.2 Å². The van der Waals surface area contributed by atoms with Crippen molar-refractivity contribution < 1.29 is 14.2 Å². The fraction of sp³-hybridized carbons (Fsp3) is 0.250. The highest BCUT2D eigenvalue weighted by Gasteiger charge is 2.16. The lowest BCUT2D eigenvalue weighted by Crippen LogP contribution is -1.99. The fourth-order valence-corrected chi connectivity index (χ4v) is 3.81. The van der Waals surface area contributed by atoms with Crippen LogP contribution in [0.4, 0.5) is 0 Å². The van der Waals surface area contributed by atoms with Crippen LogP contribution in [-0.4, -0.2) is 21.3 Å². The zero-order valence-electron chi connectivity index (χ0n) is 16.0. The van der Waals surface area contributed by atoms with E-state index in [0.717, 1.165) is 36.5 Å². The summed E-state index contributed by atoms with van der Waals surface area (Å²) in [6.45, 7) is 0. The van der Waals surface area contributed by atoms with E-state index in [-0.39, 0.29) is 0 Å². The number of fused-ring (bicyclic) bond motifs is 3. The summed E-state index contributed by atoms with van der Waals surface area (Å²) < 4.78 is 16.4. The van der Waals surface area contributed by atoms with Gasteiger partial charge in [-0.05, 0) is 89.0 Å². The molecule has 4 rings (SSSR count). The van der Waals surface area contributed by atoms with Gasteiger partial charge >= 0.3 is 0 Å². The van der Waals surface area contributed by atoms with E-state index in [0.29, 0.717) is 0 Å². The third-order valence-electron chi connectivity index (χ3n) is 5.38. The Labute approximate surface area is 160 Å². The summed E-state index contributed by atoms with van der Waals surface area (Å²) in [7, 11) is 5.15. The molecule has 3 aromatic rings. The van der Waals surface area contributed by atoms with Crippen molar-refractivity contribution >= 4 is 0 Å². The molecule has 3 aromatic carbocycles. The predicted molar refractivity (Wildman–Crippen MR) is 107 cm³/mol. The van der Waals surface area contributed by atoms with Crippen molar-refractivity contribution in [3.8, 4) is 17.2 Å². The summed E-state index contributed by atoms with van der Waals surface area (Å²) in [5.41, 5.74) is 7.89. The molecular weight excluding hydrogens is 336 g/mol. The molecule has 0 bridgehead atoms. The Kier molecular flexibility index (Phi) is 4.76. The Morgan fingerprint density at radius 2 is 0.741 bits per heavy atom. The highest BCUT2D eigenvalue weighted by atomic mass is 16.5. The molecule has 0 saturated carbocycles. The van der Waals surface area contributed by atoms with Crippen molar-refractivity contribution in [3.63, 3.8) is 0 Å². The minimum absolute atomic E-state index is 0.886. The van der Waals surface area contributed by atoms with E-state index in [9.17, 15) is 0 Å². The Morgan fingerprint density at radius 3 is 1.00 bits per heavy atom. The van der Waals surface area contributed by atoms with E-state index < -0.39 is 0 Å². The molecule has 0 radical (unpaired) electrons. The average Bonchev–Trinajstić information content (AvgIpc) is 2.77. The molecule has 0 spiro atoms. The molecular formula is C24H24O3. The minimum atomic E-state index is 0.886. The Hall–Kier alpha value is -2.94. The summed E-state index contributed by atoms with van der Waals surface area (Å²) in [6.07, 6.45) is 2.66. The molecule has 0 unspecified atom stereocenters. The van der Waals surface area contributed by atoms with E-state index in [1.807, 2.05) is 18.2 Å². The molecule has 0 saturated heterocycles. The molecule has 0 atom stereocenters. The van der Waals surface area contributed by atoms with Crippen LogP contribution < -0.4 is 14.2 Å². The van der Waals surface area contributed by atoms with Crippen LogP contribution in [0.5, 0.6) is 17.2 Å². The third-order valence-corrected chi connectivity index (χ3v) is 5.38. The van der Waals surface area contributed by atoms with Gasteiger partial charge in [-0.3, -0.25) is 0 Å². The average molecular weight is 360 g/mol. The van der Waals surface area contributed by atoms with Crippen LogP contribution in [0.2, 0.25) is 0 Å². The molecule has 3 nitrogen and oxygen atoms in total. The Bertz CT molecular complexity index is 848. The second kappa shape index (κ2) is 7.36. The Balaban J connectivity index is 1.91. The van der Waals surface area contributed by atoms with Crippen LogP contribution in [0.1, 0.15) is 33.4 Å². The predicted octanol–water partition coefficient (Wildman–Crippen LogP) is 4.80. The monoisotopic (exact) mass is 360 g/mol. The highest BCUT2D eigenvalue weighted by molar-refractivity contribution is 5.50. The first-order valence-electron chi connectivity index (χ1n) is 9.17. The molecule has 0 N–H and O–H groups in total. The highest BCUT2D eigenvalue weighted by Crippen LogP contribution is 2.32. The zero-order valence-corrected chi connectivity index (χ0v) is 16.0. The molecule has 0 aliphatic heterocycles. The minimum Gasteiger partial charge on any atom is -0.497 e. The van der Waals surface area contributed by atoms with Gasteiger partial charge in [0.25, 0.3) is 0 Å². The van der Waals surface area contributed by atoms with Crippen LogP contribution in [0.15, 0.2) is 54.6 Å².